The first kappa shape index (κ1) is 13.2. The van der Waals surface area contributed by atoms with E-state index in [4.69, 9.17) is 5.73 Å². The number of aromatic nitrogens is 2. The van der Waals surface area contributed by atoms with Crippen molar-refractivity contribution in [2.75, 3.05) is 6.54 Å². The molecule has 5 nitrogen and oxygen atoms in total. The first-order valence-corrected chi connectivity index (χ1v) is 5.94. The van der Waals surface area contributed by atoms with Crippen molar-refractivity contribution in [3.63, 3.8) is 0 Å². The molecular weight excluding hydrogens is 242 g/mol. The van der Waals surface area contributed by atoms with E-state index in [1.54, 1.807) is 42.7 Å². The van der Waals surface area contributed by atoms with Gasteiger partial charge < -0.3 is 10.8 Å². The molecule has 2 aromatic rings. The van der Waals surface area contributed by atoms with Crippen molar-refractivity contribution in [3.05, 3.63) is 60.2 Å². The number of rotatable bonds is 5. The van der Waals surface area contributed by atoms with Gasteiger partial charge in [0, 0.05) is 25.4 Å². The molecule has 0 aliphatic heterocycles. The molecule has 0 amide bonds. The molecular formula is C14H15N3O2. The summed E-state index contributed by atoms with van der Waals surface area (Å²) in [5.41, 5.74) is 5.22. The van der Waals surface area contributed by atoms with Gasteiger partial charge in [0.15, 0.2) is 0 Å². The maximum Gasteiger partial charge on any atom is 0.315 e. The second kappa shape index (κ2) is 5.58. The predicted molar refractivity (Wildman–Crippen MR) is 70.5 cm³/mol. The first-order valence-electron chi connectivity index (χ1n) is 5.94. The number of nitrogens with zero attached hydrogens (tertiary/aromatic N) is 2. The minimum absolute atomic E-state index is 0.00932. The van der Waals surface area contributed by atoms with Gasteiger partial charge in [0.05, 0.1) is 0 Å². The molecule has 19 heavy (non-hydrogen) atoms. The highest BCUT2D eigenvalue weighted by atomic mass is 16.4. The van der Waals surface area contributed by atoms with Crippen molar-refractivity contribution in [1.29, 1.82) is 0 Å². The Labute approximate surface area is 111 Å². The van der Waals surface area contributed by atoms with Crippen LogP contribution in [0.3, 0.4) is 0 Å². The summed E-state index contributed by atoms with van der Waals surface area (Å²) >= 11 is 0. The Morgan fingerprint density at radius 3 is 2.32 bits per heavy atom. The van der Waals surface area contributed by atoms with E-state index in [0.29, 0.717) is 11.4 Å². The Kier molecular flexibility index (Phi) is 3.87. The molecule has 1 atom stereocenters. The molecule has 5 heteroatoms. The van der Waals surface area contributed by atoms with Crippen LogP contribution < -0.4 is 5.73 Å². The summed E-state index contributed by atoms with van der Waals surface area (Å²) in [4.78, 5) is 19.9. The summed E-state index contributed by atoms with van der Waals surface area (Å²) in [5.74, 6) is -0.493. The fourth-order valence-electron chi connectivity index (χ4n) is 2.03. The highest BCUT2D eigenvalue weighted by molar-refractivity contribution is 5.82. The molecule has 1 aromatic carbocycles. The fourth-order valence-corrected chi connectivity index (χ4v) is 2.03. The molecule has 2 rings (SSSR count). The summed E-state index contributed by atoms with van der Waals surface area (Å²) in [5, 5.41) is 9.60. The molecule has 0 spiro atoms. The number of hydrogen-bond donors (Lipinski definition) is 2. The number of nitrogens with two attached hydrogens (primary N) is 1. The maximum absolute atomic E-state index is 11.7. The molecule has 0 saturated carbocycles. The van der Waals surface area contributed by atoms with Crippen LogP contribution in [-0.4, -0.2) is 27.6 Å². The van der Waals surface area contributed by atoms with Crippen molar-refractivity contribution in [3.8, 4) is 0 Å². The molecule has 1 heterocycles. The van der Waals surface area contributed by atoms with Gasteiger partial charge in [-0.2, -0.15) is 0 Å². The minimum atomic E-state index is -1.19. The van der Waals surface area contributed by atoms with E-state index in [1.807, 2.05) is 6.07 Å². The van der Waals surface area contributed by atoms with Gasteiger partial charge in [-0.25, -0.2) is 9.97 Å². The maximum atomic E-state index is 11.7. The molecule has 0 radical (unpaired) electrons. The van der Waals surface area contributed by atoms with E-state index in [-0.39, 0.29) is 13.0 Å². The minimum Gasteiger partial charge on any atom is -0.481 e. The van der Waals surface area contributed by atoms with Crippen molar-refractivity contribution in [2.24, 2.45) is 5.73 Å². The van der Waals surface area contributed by atoms with Crippen LogP contribution >= 0.6 is 0 Å². The molecule has 1 unspecified atom stereocenters. The summed E-state index contributed by atoms with van der Waals surface area (Å²) < 4.78 is 0. The largest absolute Gasteiger partial charge is 0.481 e. The lowest BCUT2D eigenvalue weighted by molar-refractivity contribution is -0.143. The molecule has 0 fully saturated rings. The second-order valence-electron chi connectivity index (χ2n) is 4.30. The average molecular weight is 257 g/mol. The van der Waals surface area contributed by atoms with Gasteiger partial charge in [-0.15, -0.1) is 0 Å². The normalized spacial score (nSPS) is 13.7. The van der Waals surface area contributed by atoms with Crippen molar-refractivity contribution >= 4 is 5.97 Å². The van der Waals surface area contributed by atoms with Gasteiger partial charge in [-0.1, -0.05) is 30.3 Å². The highest BCUT2D eigenvalue weighted by Crippen LogP contribution is 2.27. The van der Waals surface area contributed by atoms with Crippen LogP contribution in [0.25, 0.3) is 0 Å². The summed E-state index contributed by atoms with van der Waals surface area (Å²) in [6.45, 7) is -0.00932. The van der Waals surface area contributed by atoms with E-state index in [0.717, 1.165) is 0 Å². The summed E-state index contributed by atoms with van der Waals surface area (Å²) in [6, 6.07) is 10.7. The topological polar surface area (TPSA) is 89.1 Å². The number of aliphatic carboxylic acids is 1. The molecule has 0 saturated heterocycles. The van der Waals surface area contributed by atoms with Crippen LogP contribution in [0.5, 0.6) is 0 Å². The Hall–Kier alpha value is -2.27. The second-order valence-corrected chi connectivity index (χ2v) is 4.30. The van der Waals surface area contributed by atoms with Crippen LogP contribution in [-0.2, 0) is 16.6 Å². The average Bonchev–Trinajstić information content (AvgIpc) is 2.46. The van der Waals surface area contributed by atoms with Crippen LogP contribution in [0.4, 0.5) is 0 Å². The van der Waals surface area contributed by atoms with E-state index < -0.39 is 11.4 Å². The lowest BCUT2D eigenvalue weighted by atomic mass is 9.77. The van der Waals surface area contributed by atoms with Gasteiger partial charge in [0.1, 0.15) is 11.2 Å². The molecule has 1 aromatic heterocycles. The summed E-state index contributed by atoms with van der Waals surface area (Å²) in [7, 11) is 0. The molecule has 98 valence electrons. The number of benzene rings is 1. The monoisotopic (exact) mass is 257 g/mol. The zero-order valence-electron chi connectivity index (χ0n) is 10.4. The van der Waals surface area contributed by atoms with Crippen molar-refractivity contribution in [2.45, 2.75) is 11.8 Å². The quantitative estimate of drug-likeness (QED) is 0.834. The Bertz CT molecular complexity index is 545. The van der Waals surface area contributed by atoms with E-state index >= 15 is 0 Å². The number of carboxylic acids is 1. The molecule has 0 aliphatic rings. The lowest BCUT2D eigenvalue weighted by Gasteiger charge is -2.27. The molecule has 0 aliphatic carbocycles. The van der Waals surface area contributed by atoms with Gasteiger partial charge in [-0.05, 0) is 11.6 Å². The van der Waals surface area contributed by atoms with Gasteiger partial charge in [0.2, 0.25) is 0 Å². The Morgan fingerprint density at radius 1 is 1.16 bits per heavy atom. The first-order chi connectivity index (χ1) is 9.19. The predicted octanol–water partition coefficient (Wildman–Crippen LogP) is 1.00. The lowest BCUT2D eigenvalue weighted by Crippen LogP contribution is -2.45. The third kappa shape index (κ3) is 2.61. The van der Waals surface area contributed by atoms with Gasteiger partial charge in [-0.3, -0.25) is 4.79 Å². The fraction of sp³-hybridized carbons (Fsp3) is 0.214. The van der Waals surface area contributed by atoms with Crippen molar-refractivity contribution in [1.82, 2.24) is 9.97 Å². The van der Waals surface area contributed by atoms with Crippen LogP contribution in [0, 0.1) is 0 Å². The third-order valence-corrected chi connectivity index (χ3v) is 3.16. The third-order valence-electron chi connectivity index (χ3n) is 3.16. The van der Waals surface area contributed by atoms with Gasteiger partial charge in [0.25, 0.3) is 0 Å². The molecule has 3 N–H and O–H groups in total. The van der Waals surface area contributed by atoms with E-state index in [1.165, 1.54) is 0 Å². The van der Waals surface area contributed by atoms with E-state index in [9.17, 15) is 9.90 Å². The SMILES string of the molecule is NCC(Cc1ncccn1)(C(=O)O)c1ccccc1. The van der Waals surface area contributed by atoms with Crippen LogP contribution in [0.15, 0.2) is 48.8 Å². The zero-order valence-corrected chi connectivity index (χ0v) is 10.4. The summed E-state index contributed by atoms with van der Waals surface area (Å²) in [6.07, 6.45) is 3.36. The zero-order chi connectivity index (χ0) is 13.7. The number of carbonyl (C=O) groups is 1. The van der Waals surface area contributed by atoms with Gasteiger partial charge >= 0.3 is 5.97 Å². The smallest absolute Gasteiger partial charge is 0.315 e. The molecule has 0 bridgehead atoms. The standard InChI is InChI=1S/C14H15N3O2/c15-10-14(13(18)19,11-5-2-1-3-6-11)9-12-16-7-4-8-17-12/h1-8H,9-10,15H2,(H,18,19). The Balaban J connectivity index is 2.44. The van der Waals surface area contributed by atoms with Crippen molar-refractivity contribution < 1.29 is 9.90 Å². The van der Waals surface area contributed by atoms with E-state index in [2.05, 4.69) is 9.97 Å². The van der Waals surface area contributed by atoms with Crippen LogP contribution in [0.2, 0.25) is 0 Å². The number of carboxylic acid groups (broad SMARTS) is 1. The number of hydrogen-bond acceptors (Lipinski definition) is 4. The van der Waals surface area contributed by atoms with Crippen LogP contribution in [0.1, 0.15) is 11.4 Å². The Morgan fingerprint density at radius 2 is 1.79 bits per heavy atom. The highest BCUT2D eigenvalue weighted by Gasteiger charge is 2.40.